The molecule has 0 heterocycles. The average Bonchev–Trinajstić information content (AvgIpc) is 2.47. The van der Waals surface area contributed by atoms with E-state index < -0.39 is 0 Å². The Morgan fingerprint density at radius 1 is 0.955 bits per heavy atom. The van der Waals surface area contributed by atoms with Gasteiger partial charge in [-0.1, -0.05) is 68.8 Å². The van der Waals surface area contributed by atoms with Crippen molar-refractivity contribution in [1.82, 2.24) is 0 Å². The molecule has 0 aliphatic rings. The summed E-state index contributed by atoms with van der Waals surface area (Å²) in [7, 11) is 0. The Labute approximate surface area is 135 Å². The van der Waals surface area contributed by atoms with Crippen molar-refractivity contribution in [1.29, 1.82) is 0 Å². The van der Waals surface area contributed by atoms with Gasteiger partial charge in [0.05, 0.1) is 0 Å². The van der Waals surface area contributed by atoms with Gasteiger partial charge < -0.3 is 5.73 Å². The Morgan fingerprint density at radius 3 is 2.18 bits per heavy atom. The third kappa shape index (κ3) is 4.20. The molecule has 0 amide bonds. The smallest absolute Gasteiger partial charge is 0.0300 e. The van der Waals surface area contributed by atoms with Gasteiger partial charge in [-0.3, -0.25) is 0 Å². The summed E-state index contributed by atoms with van der Waals surface area (Å²) in [6.07, 6.45) is 2.01. The molecule has 1 atom stereocenters. The number of hydrogen-bond donors (Lipinski definition) is 1. The van der Waals surface area contributed by atoms with Gasteiger partial charge in [0.2, 0.25) is 0 Å². The van der Waals surface area contributed by atoms with Crippen LogP contribution in [0.25, 0.3) is 0 Å². The Hall–Kier alpha value is -1.60. The van der Waals surface area contributed by atoms with Gasteiger partial charge in [-0.2, -0.15) is 0 Å². The quantitative estimate of drug-likeness (QED) is 0.820. The van der Waals surface area contributed by atoms with Gasteiger partial charge in [0.15, 0.2) is 0 Å². The summed E-state index contributed by atoms with van der Waals surface area (Å²) in [5.41, 5.74) is 13.2. The molecule has 22 heavy (non-hydrogen) atoms. The molecule has 1 unspecified atom stereocenters. The maximum absolute atomic E-state index is 6.41. The highest BCUT2D eigenvalue weighted by Crippen LogP contribution is 2.24. The van der Waals surface area contributed by atoms with Gasteiger partial charge in [0.25, 0.3) is 0 Å². The fourth-order valence-electron chi connectivity index (χ4n) is 2.81. The first-order valence-corrected chi connectivity index (χ1v) is 8.19. The molecule has 0 aromatic heterocycles. The van der Waals surface area contributed by atoms with Crippen molar-refractivity contribution in [2.75, 3.05) is 0 Å². The van der Waals surface area contributed by atoms with E-state index in [1.165, 1.54) is 27.8 Å². The van der Waals surface area contributed by atoms with Crippen LogP contribution in [0.15, 0.2) is 42.5 Å². The molecule has 2 aromatic carbocycles. The number of hydrogen-bond acceptors (Lipinski definition) is 1. The normalized spacial score (nSPS) is 13.2. The summed E-state index contributed by atoms with van der Waals surface area (Å²) in [5, 5.41) is 0. The van der Waals surface area contributed by atoms with Crippen molar-refractivity contribution < 1.29 is 0 Å². The van der Waals surface area contributed by atoms with Gasteiger partial charge in [-0.25, -0.2) is 0 Å². The summed E-state index contributed by atoms with van der Waals surface area (Å²) in [5.74, 6) is 0. The van der Waals surface area contributed by atoms with Crippen LogP contribution in [0.3, 0.4) is 0 Å². The average molecular weight is 295 g/mol. The molecule has 0 aliphatic heterocycles. The molecule has 0 radical (unpaired) electrons. The second-order valence-electron chi connectivity index (χ2n) is 7.45. The van der Waals surface area contributed by atoms with Crippen molar-refractivity contribution in [3.05, 3.63) is 70.3 Å². The van der Waals surface area contributed by atoms with Crippen LogP contribution >= 0.6 is 0 Å². The highest BCUT2D eigenvalue weighted by Gasteiger charge is 2.13. The molecular weight excluding hydrogens is 266 g/mol. The minimum absolute atomic E-state index is 0.113. The summed E-state index contributed by atoms with van der Waals surface area (Å²) >= 11 is 0. The van der Waals surface area contributed by atoms with Crippen molar-refractivity contribution in [2.24, 2.45) is 5.73 Å². The van der Waals surface area contributed by atoms with Gasteiger partial charge in [-0.15, -0.1) is 0 Å². The van der Waals surface area contributed by atoms with Crippen LogP contribution in [0.2, 0.25) is 0 Å². The molecule has 0 saturated heterocycles. The van der Waals surface area contributed by atoms with Crippen LogP contribution in [-0.4, -0.2) is 0 Å². The molecule has 0 fully saturated rings. The van der Waals surface area contributed by atoms with Crippen molar-refractivity contribution >= 4 is 0 Å². The van der Waals surface area contributed by atoms with Gasteiger partial charge in [0.1, 0.15) is 0 Å². The highest BCUT2D eigenvalue weighted by molar-refractivity contribution is 5.33. The standard InChI is InChI=1S/C21H29N/c1-15-6-7-16(2)19(14-15)20(22)13-10-17-8-11-18(12-9-17)21(3,4)5/h6-9,11-12,14,20H,10,13,22H2,1-5H3. The van der Waals surface area contributed by atoms with Crippen molar-refractivity contribution in [2.45, 2.75) is 58.9 Å². The number of rotatable bonds is 4. The van der Waals surface area contributed by atoms with E-state index in [1.54, 1.807) is 0 Å². The van der Waals surface area contributed by atoms with Crippen molar-refractivity contribution in [3.8, 4) is 0 Å². The fraction of sp³-hybridized carbons (Fsp3) is 0.429. The van der Waals surface area contributed by atoms with Crippen LogP contribution in [0.5, 0.6) is 0 Å². The predicted octanol–water partition coefficient (Wildman–Crippen LogP) is 5.23. The molecule has 0 spiro atoms. The second kappa shape index (κ2) is 6.66. The van der Waals surface area contributed by atoms with E-state index in [9.17, 15) is 0 Å². The minimum atomic E-state index is 0.113. The molecule has 118 valence electrons. The predicted molar refractivity (Wildman–Crippen MR) is 96.3 cm³/mol. The number of nitrogens with two attached hydrogens (primary N) is 1. The lowest BCUT2D eigenvalue weighted by Gasteiger charge is -2.19. The molecule has 1 heteroatoms. The molecule has 2 rings (SSSR count). The fourth-order valence-corrected chi connectivity index (χ4v) is 2.81. The van der Waals surface area contributed by atoms with Crippen LogP contribution in [-0.2, 0) is 11.8 Å². The van der Waals surface area contributed by atoms with E-state index in [-0.39, 0.29) is 11.5 Å². The van der Waals surface area contributed by atoms with E-state index in [0.29, 0.717) is 0 Å². The highest BCUT2D eigenvalue weighted by atomic mass is 14.6. The number of aryl methyl sites for hydroxylation is 3. The summed E-state index contributed by atoms with van der Waals surface area (Å²) in [4.78, 5) is 0. The zero-order valence-electron chi connectivity index (χ0n) is 14.6. The Morgan fingerprint density at radius 2 is 1.59 bits per heavy atom. The first-order chi connectivity index (χ1) is 10.3. The monoisotopic (exact) mass is 295 g/mol. The maximum atomic E-state index is 6.41. The third-order valence-electron chi connectivity index (χ3n) is 4.40. The Bertz CT molecular complexity index is 617. The van der Waals surface area contributed by atoms with E-state index in [0.717, 1.165) is 12.8 Å². The first-order valence-electron chi connectivity index (χ1n) is 8.19. The Kier molecular flexibility index (Phi) is 5.08. The lowest BCUT2D eigenvalue weighted by Crippen LogP contribution is -2.13. The van der Waals surface area contributed by atoms with E-state index in [2.05, 4.69) is 77.1 Å². The van der Waals surface area contributed by atoms with Crippen molar-refractivity contribution in [3.63, 3.8) is 0 Å². The largest absolute Gasteiger partial charge is 0.324 e. The van der Waals surface area contributed by atoms with Crippen LogP contribution < -0.4 is 5.73 Å². The van der Waals surface area contributed by atoms with E-state index in [1.807, 2.05) is 0 Å². The summed E-state index contributed by atoms with van der Waals surface area (Å²) < 4.78 is 0. The minimum Gasteiger partial charge on any atom is -0.324 e. The van der Waals surface area contributed by atoms with Crippen LogP contribution in [0.1, 0.15) is 61.1 Å². The lowest BCUT2D eigenvalue weighted by atomic mass is 9.86. The summed E-state index contributed by atoms with van der Waals surface area (Å²) in [6.45, 7) is 11.0. The zero-order chi connectivity index (χ0) is 16.3. The number of benzene rings is 2. The van der Waals surface area contributed by atoms with E-state index >= 15 is 0 Å². The van der Waals surface area contributed by atoms with Gasteiger partial charge >= 0.3 is 0 Å². The van der Waals surface area contributed by atoms with Gasteiger partial charge in [0, 0.05) is 6.04 Å². The lowest BCUT2D eigenvalue weighted by molar-refractivity contribution is 0.589. The molecular formula is C21H29N. The third-order valence-corrected chi connectivity index (χ3v) is 4.40. The topological polar surface area (TPSA) is 26.0 Å². The van der Waals surface area contributed by atoms with Gasteiger partial charge in [-0.05, 0) is 54.4 Å². The van der Waals surface area contributed by atoms with Crippen LogP contribution in [0, 0.1) is 13.8 Å². The molecule has 2 N–H and O–H groups in total. The zero-order valence-corrected chi connectivity index (χ0v) is 14.6. The SMILES string of the molecule is Cc1ccc(C)c(C(N)CCc2ccc(C(C)(C)C)cc2)c1. The molecule has 2 aromatic rings. The molecule has 0 aliphatic carbocycles. The first kappa shape index (κ1) is 16.8. The second-order valence-corrected chi connectivity index (χ2v) is 7.45. The summed E-state index contributed by atoms with van der Waals surface area (Å²) in [6, 6.07) is 15.6. The molecule has 1 nitrogen and oxygen atoms in total. The van der Waals surface area contributed by atoms with E-state index in [4.69, 9.17) is 5.73 Å². The Balaban J connectivity index is 2.02. The van der Waals surface area contributed by atoms with Crippen LogP contribution in [0.4, 0.5) is 0 Å². The maximum Gasteiger partial charge on any atom is 0.0300 e. The molecule has 0 saturated carbocycles. The molecule has 0 bridgehead atoms.